The Morgan fingerprint density at radius 2 is 1.67 bits per heavy atom. The van der Waals surface area contributed by atoms with Crippen molar-refractivity contribution in [3.8, 4) is 11.5 Å². The van der Waals surface area contributed by atoms with Gasteiger partial charge in [-0.15, -0.1) is 11.8 Å². The number of anilines is 1. The van der Waals surface area contributed by atoms with E-state index in [9.17, 15) is 4.79 Å². The fourth-order valence-electron chi connectivity index (χ4n) is 1.99. The molecule has 0 radical (unpaired) electrons. The summed E-state index contributed by atoms with van der Waals surface area (Å²) >= 11 is 13.7. The summed E-state index contributed by atoms with van der Waals surface area (Å²) in [5, 5.41) is 4.03. The fraction of sp³-hybridized carbons (Fsp3) is 0.235. The molecule has 0 atom stereocenters. The first-order chi connectivity index (χ1) is 11.5. The number of carbonyl (C=O) groups is 1. The summed E-state index contributed by atoms with van der Waals surface area (Å²) in [7, 11) is 3.12. The lowest BCUT2D eigenvalue weighted by Gasteiger charge is -2.10. The average Bonchev–Trinajstić information content (AvgIpc) is 2.57. The highest BCUT2D eigenvalue weighted by Gasteiger charge is 2.09. The predicted molar refractivity (Wildman–Crippen MR) is 101 cm³/mol. The molecule has 2 rings (SSSR count). The van der Waals surface area contributed by atoms with Gasteiger partial charge in [-0.05, 0) is 17.7 Å². The minimum Gasteiger partial charge on any atom is -0.497 e. The molecule has 1 N–H and O–H groups in total. The summed E-state index contributed by atoms with van der Waals surface area (Å²) in [4.78, 5) is 12.1. The molecule has 0 aliphatic rings. The normalized spacial score (nSPS) is 10.3. The molecule has 24 heavy (non-hydrogen) atoms. The van der Waals surface area contributed by atoms with Gasteiger partial charge >= 0.3 is 0 Å². The van der Waals surface area contributed by atoms with Gasteiger partial charge in [-0.3, -0.25) is 4.79 Å². The highest BCUT2D eigenvalue weighted by atomic mass is 35.5. The van der Waals surface area contributed by atoms with Crippen LogP contribution in [0.2, 0.25) is 10.0 Å². The molecule has 1 amide bonds. The number of nitrogens with one attached hydrogen (secondary N) is 1. The topological polar surface area (TPSA) is 47.6 Å². The summed E-state index contributed by atoms with van der Waals surface area (Å²) in [6, 6.07) is 10.6. The van der Waals surface area contributed by atoms with Crippen molar-refractivity contribution in [3.05, 3.63) is 52.0 Å². The van der Waals surface area contributed by atoms with Gasteiger partial charge in [0.2, 0.25) is 5.91 Å². The first-order valence-electron chi connectivity index (χ1n) is 7.07. The molecule has 128 valence electrons. The monoisotopic (exact) mass is 385 g/mol. The molecule has 0 saturated carbocycles. The molecule has 0 aliphatic carbocycles. The van der Waals surface area contributed by atoms with Crippen molar-refractivity contribution in [1.82, 2.24) is 0 Å². The molecule has 2 aromatic carbocycles. The third-order valence-electron chi connectivity index (χ3n) is 3.18. The number of halogens is 2. The van der Waals surface area contributed by atoms with Crippen molar-refractivity contribution in [2.24, 2.45) is 0 Å². The number of benzene rings is 2. The second kappa shape index (κ2) is 9.06. The molecule has 4 nitrogen and oxygen atoms in total. The minimum atomic E-state index is -0.126. The Morgan fingerprint density at radius 1 is 1.08 bits per heavy atom. The lowest BCUT2D eigenvalue weighted by atomic mass is 10.2. The number of rotatable bonds is 7. The Kier molecular flexibility index (Phi) is 7.09. The maximum Gasteiger partial charge on any atom is 0.234 e. The van der Waals surface area contributed by atoms with Gasteiger partial charge in [0.05, 0.1) is 20.0 Å². The minimum absolute atomic E-state index is 0.126. The first kappa shape index (κ1) is 18.8. The van der Waals surface area contributed by atoms with Gasteiger partial charge in [-0.1, -0.05) is 29.3 Å². The highest BCUT2D eigenvalue weighted by molar-refractivity contribution is 7.99. The lowest BCUT2D eigenvalue weighted by molar-refractivity contribution is -0.113. The molecule has 0 saturated heterocycles. The van der Waals surface area contributed by atoms with E-state index in [0.717, 1.165) is 5.56 Å². The van der Waals surface area contributed by atoms with E-state index in [4.69, 9.17) is 32.7 Å². The van der Waals surface area contributed by atoms with E-state index in [1.165, 1.54) is 11.8 Å². The zero-order chi connectivity index (χ0) is 17.5. The Bertz CT molecular complexity index is 682. The van der Waals surface area contributed by atoms with E-state index in [1.807, 2.05) is 0 Å². The maximum atomic E-state index is 12.1. The van der Waals surface area contributed by atoms with Crippen molar-refractivity contribution >= 4 is 46.6 Å². The van der Waals surface area contributed by atoms with Crippen LogP contribution >= 0.6 is 35.0 Å². The van der Waals surface area contributed by atoms with Crippen LogP contribution in [-0.4, -0.2) is 25.9 Å². The largest absolute Gasteiger partial charge is 0.497 e. The fourth-order valence-corrected chi connectivity index (χ4v) is 3.56. The summed E-state index contributed by atoms with van der Waals surface area (Å²) in [5.41, 5.74) is 1.45. The molecule has 0 aliphatic heterocycles. The maximum absolute atomic E-state index is 12.1. The van der Waals surface area contributed by atoms with Crippen LogP contribution in [0.1, 0.15) is 5.56 Å². The third kappa shape index (κ3) is 5.23. The summed E-state index contributed by atoms with van der Waals surface area (Å²) in [6.07, 6.45) is 0. The molecule has 2 aromatic rings. The summed E-state index contributed by atoms with van der Waals surface area (Å²) in [6.45, 7) is 0. The van der Waals surface area contributed by atoms with Gasteiger partial charge in [-0.2, -0.15) is 0 Å². The number of thioether (sulfide) groups is 1. The van der Waals surface area contributed by atoms with Crippen molar-refractivity contribution in [3.63, 3.8) is 0 Å². The molecule has 7 heteroatoms. The van der Waals surface area contributed by atoms with E-state index in [0.29, 0.717) is 33.0 Å². The van der Waals surface area contributed by atoms with Crippen LogP contribution in [0.3, 0.4) is 0 Å². The van der Waals surface area contributed by atoms with Gasteiger partial charge in [0.25, 0.3) is 0 Å². The zero-order valence-corrected chi connectivity index (χ0v) is 15.6. The Hall–Kier alpha value is -1.56. The first-order valence-corrected chi connectivity index (χ1v) is 8.98. The number of hydrogen-bond donors (Lipinski definition) is 1. The second-order valence-electron chi connectivity index (χ2n) is 4.84. The number of methoxy groups -OCH3 is 2. The van der Waals surface area contributed by atoms with E-state index >= 15 is 0 Å². The molecule has 0 heterocycles. The predicted octanol–water partition coefficient (Wildman–Crippen LogP) is 4.88. The van der Waals surface area contributed by atoms with Crippen molar-refractivity contribution in [2.45, 2.75) is 5.75 Å². The van der Waals surface area contributed by atoms with Gasteiger partial charge in [0, 0.05) is 39.7 Å². The van der Waals surface area contributed by atoms with E-state index in [-0.39, 0.29) is 11.7 Å². The Balaban J connectivity index is 1.92. The van der Waals surface area contributed by atoms with Gasteiger partial charge in [0.15, 0.2) is 0 Å². The summed E-state index contributed by atoms with van der Waals surface area (Å²) < 4.78 is 10.4. The van der Waals surface area contributed by atoms with Crippen molar-refractivity contribution in [1.29, 1.82) is 0 Å². The zero-order valence-electron chi connectivity index (χ0n) is 13.3. The third-order valence-corrected chi connectivity index (χ3v) is 4.84. The number of amides is 1. The average molecular weight is 386 g/mol. The van der Waals surface area contributed by atoms with E-state index in [1.54, 1.807) is 50.6 Å². The lowest BCUT2D eigenvalue weighted by Crippen LogP contribution is -2.14. The molecule has 0 fully saturated rings. The number of ether oxygens (including phenoxy) is 2. The quantitative estimate of drug-likeness (QED) is 0.737. The van der Waals surface area contributed by atoms with Crippen LogP contribution in [-0.2, 0) is 10.5 Å². The molecule has 0 spiro atoms. The second-order valence-corrected chi connectivity index (χ2v) is 6.64. The van der Waals surface area contributed by atoms with E-state index < -0.39 is 0 Å². The summed E-state index contributed by atoms with van der Waals surface area (Å²) in [5.74, 6) is 1.94. The Labute approximate surface area is 155 Å². The van der Waals surface area contributed by atoms with Crippen LogP contribution in [0.5, 0.6) is 11.5 Å². The van der Waals surface area contributed by atoms with Gasteiger partial charge in [0.1, 0.15) is 11.5 Å². The van der Waals surface area contributed by atoms with Crippen LogP contribution in [0, 0.1) is 0 Å². The van der Waals surface area contributed by atoms with Crippen LogP contribution in [0.4, 0.5) is 5.69 Å². The van der Waals surface area contributed by atoms with Crippen molar-refractivity contribution in [2.75, 3.05) is 25.3 Å². The molecular weight excluding hydrogens is 369 g/mol. The van der Waals surface area contributed by atoms with E-state index in [2.05, 4.69) is 5.32 Å². The standard InChI is InChI=1S/C17H17Cl2NO3S/c1-22-12-6-11(7-13(8-12)23-2)20-17(21)10-24-9-14-15(18)4-3-5-16(14)19/h3-8H,9-10H2,1-2H3,(H,20,21). The van der Waals surface area contributed by atoms with Crippen molar-refractivity contribution < 1.29 is 14.3 Å². The number of carbonyl (C=O) groups excluding carboxylic acids is 1. The SMILES string of the molecule is COc1cc(NC(=O)CSCc2c(Cl)cccc2Cl)cc(OC)c1. The van der Waals surface area contributed by atoms with Crippen LogP contribution < -0.4 is 14.8 Å². The molecular formula is C17H17Cl2NO3S. The van der Waals surface area contributed by atoms with Gasteiger partial charge < -0.3 is 14.8 Å². The van der Waals surface area contributed by atoms with Gasteiger partial charge in [-0.25, -0.2) is 0 Å². The highest BCUT2D eigenvalue weighted by Crippen LogP contribution is 2.29. The number of hydrogen-bond acceptors (Lipinski definition) is 4. The van der Waals surface area contributed by atoms with Crippen LogP contribution in [0.25, 0.3) is 0 Å². The molecule has 0 aromatic heterocycles. The molecule has 0 unspecified atom stereocenters. The smallest absolute Gasteiger partial charge is 0.234 e. The van der Waals surface area contributed by atoms with Crippen LogP contribution in [0.15, 0.2) is 36.4 Å². The molecule has 0 bridgehead atoms. The Morgan fingerprint density at radius 3 is 2.21 bits per heavy atom.